The minimum atomic E-state index is -0.643. The van der Waals surface area contributed by atoms with Crippen LogP contribution in [0.2, 0.25) is 0 Å². The van der Waals surface area contributed by atoms with E-state index in [1.807, 2.05) is 13.8 Å². The second-order valence-electron chi connectivity index (χ2n) is 5.77. The number of carbonyl (C=O) groups is 1. The summed E-state index contributed by atoms with van der Waals surface area (Å²) in [6, 6.07) is 0. The van der Waals surface area contributed by atoms with Gasteiger partial charge in [-0.3, -0.25) is 9.69 Å². The molecule has 21 heavy (non-hydrogen) atoms. The molecule has 1 aromatic heterocycles. The lowest BCUT2D eigenvalue weighted by Crippen LogP contribution is -2.57. The third-order valence-corrected chi connectivity index (χ3v) is 3.98. The number of amides is 1. The zero-order valence-corrected chi connectivity index (χ0v) is 13.2. The maximum absolute atomic E-state index is 12.3. The SMILES string of the molecule is CNC(=O)C1(COC)CCCN1Cc1nc(C(C)C)no1. The van der Waals surface area contributed by atoms with E-state index in [1.54, 1.807) is 14.2 Å². The largest absolute Gasteiger partial charge is 0.382 e. The van der Waals surface area contributed by atoms with Gasteiger partial charge >= 0.3 is 0 Å². The molecule has 1 aromatic rings. The Morgan fingerprint density at radius 2 is 2.33 bits per heavy atom. The van der Waals surface area contributed by atoms with E-state index >= 15 is 0 Å². The third kappa shape index (κ3) is 3.08. The average Bonchev–Trinajstić information content (AvgIpc) is 3.07. The minimum Gasteiger partial charge on any atom is -0.382 e. The Kier molecular flexibility index (Phi) is 4.95. The summed E-state index contributed by atoms with van der Waals surface area (Å²) < 4.78 is 10.6. The van der Waals surface area contributed by atoms with Gasteiger partial charge in [0.2, 0.25) is 11.8 Å². The van der Waals surface area contributed by atoms with Gasteiger partial charge in [-0.1, -0.05) is 19.0 Å². The third-order valence-electron chi connectivity index (χ3n) is 3.98. The van der Waals surface area contributed by atoms with Gasteiger partial charge in [0.1, 0.15) is 5.54 Å². The topological polar surface area (TPSA) is 80.5 Å². The fourth-order valence-corrected chi connectivity index (χ4v) is 2.85. The van der Waals surface area contributed by atoms with Crippen molar-refractivity contribution in [3.05, 3.63) is 11.7 Å². The molecule has 0 spiro atoms. The lowest BCUT2D eigenvalue weighted by molar-refractivity contribution is -0.135. The van der Waals surface area contributed by atoms with E-state index in [9.17, 15) is 4.79 Å². The molecular weight excluding hydrogens is 272 g/mol. The molecule has 2 heterocycles. The van der Waals surface area contributed by atoms with Crippen molar-refractivity contribution in [3.63, 3.8) is 0 Å². The Morgan fingerprint density at radius 1 is 1.57 bits per heavy atom. The fourth-order valence-electron chi connectivity index (χ4n) is 2.85. The lowest BCUT2D eigenvalue weighted by atomic mass is 9.96. The van der Waals surface area contributed by atoms with Gasteiger partial charge in [0.15, 0.2) is 5.82 Å². The van der Waals surface area contributed by atoms with Crippen LogP contribution >= 0.6 is 0 Å². The molecule has 1 unspecified atom stereocenters. The van der Waals surface area contributed by atoms with Crippen molar-refractivity contribution in [2.45, 2.75) is 44.7 Å². The number of hydrogen-bond donors (Lipinski definition) is 1. The van der Waals surface area contributed by atoms with Crippen LogP contribution in [-0.2, 0) is 16.1 Å². The first-order valence-corrected chi connectivity index (χ1v) is 7.32. The van der Waals surface area contributed by atoms with Crippen molar-refractivity contribution >= 4 is 5.91 Å². The second kappa shape index (κ2) is 6.53. The van der Waals surface area contributed by atoms with Crippen LogP contribution in [0.25, 0.3) is 0 Å². The van der Waals surface area contributed by atoms with E-state index in [4.69, 9.17) is 9.26 Å². The predicted octanol–water partition coefficient (Wildman–Crippen LogP) is 0.920. The van der Waals surface area contributed by atoms with Gasteiger partial charge in [-0.05, 0) is 19.4 Å². The monoisotopic (exact) mass is 296 g/mol. The Morgan fingerprint density at radius 3 is 2.90 bits per heavy atom. The summed E-state index contributed by atoms with van der Waals surface area (Å²) in [7, 11) is 3.27. The smallest absolute Gasteiger partial charge is 0.242 e. The highest BCUT2D eigenvalue weighted by atomic mass is 16.5. The molecule has 1 amide bonds. The summed E-state index contributed by atoms with van der Waals surface area (Å²) in [5, 5.41) is 6.72. The van der Waals surface area contributed by atoms with Crippen molar-refractivity contribution in [2.75, 3.05) is 27.3 Å². The zero-order chi connectivity index (χ0) is 15.5. The molecule has 1 aliphatic heterocycles. The first-order valence-electron chi connectivity index (χ1n) is 7.32. The highest BCUT2D eigenvalue weighted by Crippen LogP contribution is 2.31. The van der Waals surface area contributed by atoms with Gasteiger partial charge in [0.25, 0.3) is 0 Å². The summed E-state index contributed by atoms with van der Waals surface area (Å²) in [6.45, 7) is 5.68. The van der Waals surface area contributed by atoms with Crippen LogP contribution in [0.1, 0.15) is 44.3 Å². The summed E-state index contributed by atoms with van der Waals surface area (Å²) in [4.78, 5) is 18.8. The zero-order valence-electron chi connectivity index (χ0n) is 13.2. The summed E-state index contributed by atoms with van der Waals surface area (Å²) in [5.41, 5.74) is -0.643. The van der Waals surface area contributed by atoms with Crippen LogP contribution in [0.15, 0.2) is 4.52 Å². The van der Waals surface area contributed by atoms with Gasteiger partial charge in [-0.15, -0.1) is 0 Å². The molecule has 1 N–H and O–H groups in total. The Bertz CT molecular complexity index is 488. The first kappa shape index (κ1) is 15.9. The van der Waals surface area contributed by atoms with Crippen molar-refractivity contribution in [3.8, 4) is 0 Å². The Balaban J connectivity index is 2.17. The highest BCUT2D eigenvalue weighted by molar-refractivity contribution is 5.86. The van der Waals surface area contributed by atoms with Crippen molar-refractivity contribution in [1.82, 2.24) is 20.4 Å². The number of rotatable bonds is 6. The fraction of sp³-hybridized carbons (Fsp3) is 0.786. The van der Waals surface area contributed by atoms with Crippen molar-refractivity contribution < 1.29 is 14.1 Å². The van der Waals surface area contributed by atoms with E-state index in [-0.39, 0.29) is 11.8 Å². The molecule has 7 nitrogen and oxygen atoms in total. The van der Waals surface area contributed by atoms with Crippen LogP contribution in [0.3, 0.4) is 0 Å². The number of likely N-dealkylation sites (tertiary alicyclic amines) is 1. The molecule has 0 bridgehead atoms. The predicted molar refractivity (Wildman–Crippen MR) is 76.7 cm³/mol. The number of nitrogens with zero attached hydrogens (tertiary/aromatic N) is 3. The Labute approximate surface area is 125 Å². The van der Waals surface area contributed by atoms with Gasteiger partial charge in [0, 0.05) is 20.1 Å². The maximum atomic E-state index is 12.3. The van der Waals surface area contributed by atoms with E-state index in [2.05, 4.69) is 20.4 Å². The van der Waals surface area contributed by atoms with E-state index in [1.165, 1.54) is 0 Å². The molecule has 118 valence electrons. The molecule has 0 saturated carbocycles. The van der Waals surface area contributed by atoms with Crippen LogP contribution in [-0.4, -0.2) is 53.8 Å². The molecule has 0 aliphatic carbocycles. The van der Waals surface area contributed by atoms with E-state index in [0.717, 1.165) is 19.4 Å². The number of carbonyl (C=O) groups excluding carboxylic acids is 1. The van der Waals surface area contributed by atoms with E-state index in [0.29, 0.717) is 24.9 Å². The number of nitrogens with one attached hydrogen (secondary N) is 1. The molecule has 1 fully saturated rings. The summed E-state index contributed by atoms with van der Waals surface area (Å²) in [6.07, 6.45) is 1.72. The number of methoxy groups -OCH3 is 1. The number of aromatic nitrogens is 2. The van der Waals surface area contributed by atoms with Crippen molar-refractivity contribution in [2.24, 2.45) is 0 Å². The normalized spacial score (nSPS) is 22.9. The molecule has 0 aromatic carbocycles. The molecular formula is C14H24N4O3. The Hall–Kier alpha value is -1.47. The van der Waals surface area contributed by atoms with Crippen LogP contribution in [0, 0.1) is 0 Å². The van der Waals surface area contributed by atoms with Crippen LogP contribution in [0.4, 0.5) is 0 Å². The summed E-state index contributed by atoms with van der Waals surface area (Å²) >= 11 is 0. The average molecular weight is 296 g/mol. The highest BCUT2D eigenvalue weighted by Gasteiger charge is 2.47. The van der Waals surface area contributed by atoms with E-state index < -0.39 is 5.54 Å². The van der Waals surface area contributed by atoms with Gasteiger partial charge in [0.05, 0.1) is 13.2 Å². The second-order valence-corrected chi connectivity index (χ2v) is 5.77. The summed E-state index contributed by atoms with van der Waals surface area (Å²) in [5.74, 6) is 1.45. The number of hydrogen-bond acceptors (Lipinski definition) is 6. The van der Waals surface area contributed by atoms with Crippen LogP contribution < -0.4 is 5.32 Å². The van der Waals surface area contributed by atoms with Crippen molar-refractivity contribution in [1.29, 1.82) is 0 Å². The number of ether oxygens (including phenoxy) is 1. The molecule has 1 saturated heterocycles. The number of likely N-dealkylation sites (N-methyl/N-ethyl adjacent to an activating group) is 1. The maximum Gasteiger partial charge on any atom is 0.242 e. The van der Waals surface area contributed by atoms with Gasteiger partial charge < -0.3 is 14.6 Å². The molecule has 2 rings (SSSR count). The lowest BCUT2D eigenvalue weighted by Gasteiger charge is -2.35. The first-order chi connectivity index (χ1) is 10.0. The molecule has 0 radical (unpaired) electrons. The molecule has 1 aliphatic rings. The van der Waals surface area contributed by atoms with Gasteiger partial charge in [-0.2, -0.15) is 4.98 Å². The minimum absolute atomic E-state index is 0.0227. The molecule has 7 heteroatoms. The van der Waals surface area contributed by atoms with Crippen LogP contribution in [0.5, 0.6) is 0 Å². The quantitative estimate of drug-likeness (QED) is 0.841. The van der Waals surface area contributed by atoms with Gasteiger partial charge in [-0.25, -0.2) is 0 Å². The standard InChI is InChI=1S/C14H24N4O3/c1-10(2)12-16-11(21-17-12)8-18-7-5-6-14(18,9-20-4)13(19)15-3/h10H,5-9H2,1-4H3,(H,15,19). The molecule has 1 atom stereocenters.